The van der Waals surface area contributed by atoms with Crippen LogP contribution >= 0.6 is 11.3 Å². The monoisotopic (exact) mass is 240 g/mol. The number of hydrogen-bond acceptors (Lipinski definition) is 4. The van der Waals surface area contributed by atoms with Gasteiger partial charge in [0.05, 0.1) is 11.2 Å². The first-order valence-electron chi connectivity index (χ1n) is 6.06. The maximum atomic E-state index is 9.35. The Hall–Kier alpha value is -0.450. The highest BCUT2D eigenvalue weighted by atomic mass is 32.1. The predicted octanol–water partition coefficient (Wildman–Crippen LogP) is 2.34. The quantitative estimate of drug-likeness (QED) is 0.849. The zero-order valence-electron chi connectivity index (χ0n) is 9.72. The highest BCUT2D eigenvalue weighted by Gasteiger charge is 2.25. The summed E-state index contributed by atoms with van der Waals surface area (Å²) in [7, 11) is 0. The summed E-state index contributed by atoms with van der Waals surface area (Å²) in [6.45, 7) is 2.46. The van der Waals surface area contributed by atoms with Crippen LogP contribution in [-0.4, -0.2) is 22.7 Å². The van der Waals surface area contributed by atoms with Gasteiger partial charge < -0.3 is 10.4 Å². The first-order chi connectivity index (χ1) is 7.81. The van der Waals surface area contributed by atoms with Gasteiger partial charge in [-0.2, -0.15) is 0 Å². The van der Waals surface area contributed by atoms with Gasteiger partial charge in [0.15, 0.2) is 0 Å². The van der Waals surface area contributed by atoms with Crippen molar-refractivity contribution in [1.29, 1.82) is 0 Å². The molecule has 1 aliphatic rings. The summed E-state index contributed by atoms with van der Waals surface area (Å²) >= 11 is 1.64. The highest BCUT2D eigenvalue weighted by Crippen LogP contribution is 2.26. The second kappa shape index (κ2) is 5.75. The van der Waals surface area contributed by atoms with Crippen molar-refractivity contribution in [2.24, 2.45) is 5.92 Å². The smallest absolute Gasteiger partial charge is 0.0795 e. The van der Waals surface area contributed by atoms with Crippen molar-refractivity contribution in [3.63, 3.8) is 0 Å². The molecule has 0 bridgehead atoms. The van der Waals surface area contributed by atoms with E-state index in [0.717, 1.165) is 12.1 Å². The maximum absolute atomic E-state index is 9.35. The van der Waals surface area contributed by atoms with Crippen LogP contribution in [0.15, 0.2) is 10.9 Å². The van der Waals surface area contributed by atoms with E-state index in [1.807, 2.05) is 5.51 Å². The molecule has 4 heteroatoms. The van der Waals surface area contributed by atoms with Crippen molar-refractivity contribution in [2.45, 2.75) is 44.7 Å². The van der Waals surface area contributed by atoms with Crippen LogP contribution in [-0.2, 0) is 0 Å². The summed E-state index contributed by atoms with van der Waals surface area (Å²) in [5.41, 5.74) is 2.99. The highest BCUT2D eigenvalue weighted by molar-refractivity contribution is 7.07. The Morgan fingerprint density at radius 3 is 3.06 bits per heavy atom. The number of nitrogens with zero attached hydrogens (tertiary/aromatic N) is 1. The Morgan fingerprint density at radius 1 is 1.56 bits per heavy atom. The van der Waals surface area contributed by atoms with Crippen molar-refractivity contribution in [1.82, 2.24) is 10.3 Å². The molecule has 0 radical (unpaired) electrons. The van der Waals surface area contributed by atoms with E-state index in [9.17, 15) is 5.11 Å². The van der Waals surface area contributed by atoms with Gasteiger partial charge in [-0.15, -0.1) is 11.3 Å². The van der Waals surface area contributed by atoms with E-state index < -0.39 is 0 Å². The number of nitrogens with one attached hydrogen (secondary N) is 1. The minimum Gasteiger partial charge on any atom is -0.396 e. The molecular weight excluding hydrogens is 220 g/mol. The summed E-state index contributed by atoms with van der Waals surface area (Å²) in [5.74, 6) is 0.426. The van der Waals surface area contributed by atoms with E-state index in [-0.39, 0.29) is 0 Å². The maximum Gasteiger partial charge on any atom is 0.0795 e. The predicted molar refractivity (Wildman–Crippen MR) is 66.5 cm³/mol. The Balaban J connectivity index is 1.92. The molecule has 3 unspecified atom stereocenters. The van der Waals surface area contributed by atoms with Gasteiger partial charge in [0, 0.05) is 24.1 Å². The zero-order valence-corrected chi connectivity index (χ0v) is 10.5. The van der Waals surface area contributed by atoms with E-state index in [1.165, 1.54) is 19.3 Å². The van der Waals surface area contributed by atoms with E-state index in [1.54, 1.807) is 11.3 Å². The van der Waals surface area contributed by atoms with Crippen molar-refractivity contribution >= 4 is 11.3 Å². The van der Waals surface area contributed by atoms with Crippen molar-refractivity contribution in [3.05, 3.63) is 16.6 Å². The average molecular weight is 240 g/mol. The number of aliphatic hydroxyl groups is 1. The summed E-state index contributed by atoms with van der Waals surface area (Å²) in [4.78, 5) is 4.33. The van der Waals surface area contributed by atoms with Gasteiger partial charge >= 0.3 is 0 Å². The topological polar surface area (TPSA) is 45.1 Å². The number of rotatable bonds is 4. The molecule has 2 rings (SSSR count). The molecule has 2 N–H and O–H groups in total. The first-order valence-corrected chi connectivity index (χ1v) is 7.00. The lowest BCUT2D eigenvalue weighted by atomic mass is 9.84. The molecule has 0 amide bonds. The molecule has 3 atom stereocenters. The third-order valence-electron chi connectivity index (χ3n) is 3.50. The van der Waals surface area contributed by atoms with E-state index in [4.69, 9.17) is 0 Å². The molecule has 1 aromatic rings. The zero-order chi connectivity index (χ0) is 11.4. The van der Waals surface area contributed by atoms with Gasteiger partial charge in [0.2, 0.25) is 0 Å². The molecule has 0 saturated heterocycles. The lowest BCUT2D eigenvalue weighted by Crippen LogP contribution is -2.41. The van der Waals surface area contributed by atoms with E-state index in [0.29, 0.717) is 24.6 Å². The van der Waals surface area contributed by atoms with Crippen LogP contribution in [0.25, 0.3) is 0 Å². The molecule has 0 aromatic carbocycles. The molecule has 1 heterocycles. The molecule has 1 fully saturated rings. The Bertz CT molecular complexity index is 302. The van der Waals surface area contributed by atoms with Crippen LogP contribution < -0.4 is 5.32 Å². The fraction of sp³-hybridized carbons (Fsp3) is 0.750. The second-order valence-electron chi connectivity index (χ2n) is 4.64. The van der Waals surface area contributed by atoms with Gasteiger partial charge in [0.1, 0.15) is 0 Å². The van der Waals surface area contributed by atoms with E-state index >= 15 is 0 Å². The molecule has 90 valence electrons. The van der Waals surface area contributed by atoms with Gasteiger partial charge in [-0.3, -0.25) is 0 Å². The SMILES string of the molecule is CC(NC1CCCCC1CO)c1cscn1. The molecule has 1 aromatic heterocycles. The van der Waals surface area contributed by atoms with Crippen LogP contribution in [0, 0.1) is 5.92 Å². The molecule has 3 nitrogen and oxygen atoms in total. The van der Waals surface area contributed by atoms with Gasteiger partial charge in [-0.25, -0.2) is 4.98 Å². The third kappa shape index (κ3) is 2.81. The van der Waals surface area contributed by atoms with Crippen molar-refractivity contribution < 1.29 is 5.11 Å². The van der Waals surface area contributed by atoms with Crippen LogP contribution in [0.1, 0.15) is 44.3 Å². The number of hydrogen-bond donors (Lipinski definition) is 2. The fourth-order valence-electron chi connectivity index (χ4n) is 2.49. The van der Waals surface area contributed by atoms with Gasteiger partial charge in [0.25, 0.3) is 0 Å². The molecule has 0 spiro atoms. The van der Waals surface area contributed by atoms with Gasteiger partial charge in [-0.05, 0) is 25.7 Å². The Labute approximate surface area is 101 Å². The lowest BCUT2D eigenvalue weighted by Gasteiger charge is -2.33. The Kier molecular flexibility index (Phi) is 4.32. The van der Waals surface area contributed by atoms with Crippen LogP contribution in [0.5, 0.6) is 0 Å². The van der Waals surface area contributed by atoms with Crippen molar-refractivity contribution in [2.75, 3.05) is 6.61 Å². The normalized spacial score (nSPS) is 27.9. The average Bonchev–Trinajstić information content (AvgIpc) is 2.83. The molecule has 16 heavy (non-hydrogen) atoms. The summed E-state index contributed by atoms with van der Waals surface area (Å²) in [5, 5.41) is 15.0. The fourth-order valence-corrected chi connectivity index (χ4v) is 3.14. The number of aromatic nitrogens is 1. The molecule has 0 aliphatic heterocycles. The van der Waals surface area contributed by atoms with Crippen molar-refractivity contribution in [3.8, 4) is 0 Å². The second-order valence-corrected chi connectivity index (χ2v) is 5.35. The number of thiazole rings is 1. The van der Waals surface area contributed by atoms with Crippen LogP contribution in [0.2, 0.25) is 0 Å². The minimum absolute atomic E-state index is 0.295. The lowest BCUT2D eigenvalue weighted by molar-refractivity contribution is 0.147. The van der Waals surface area contributed by atoms with Crippen LogP contribution in [0.4, 0.5) is 0 Å². The summed E-state index contributed by atoms with van der Waals surface area (Å²) < 4.78 is 0. The minimum atomic E-state index is 0.295. The van der Waals surface area contributed by atoms with E-state index in [2.05, 4.69) is 22.6 Å². The first kappa shape index (κ1) is 12.0. The Morgan fingerprint density at radius 2 is 2.38 bits per heavy atom. The standard InChI is InChI=1S/C12H20N2OS/c1-9(12-7-16-8-13-12)14-11-5-3-2-4-10(11)6-15/h7-11,14-15H,2-6H2,1H3. The van der Waals surface area contributed by atoms with Crippen LogP contribution in [0.3, 0.4) is 0 Å². The van der Waals surface area contributed by atoms with Gasteiger partial charge in [-0.1, -0.05) is 12.8 Å². The third-order valence-corrected chi connectivity index (χ3v) is 4.11. The summed E-state index contributed by atoms with van der Waals surface area (Å²) in [6.07, 6.45) is 4.87. The molecular formula is C12H20N2OS. The molecule has 1 aliphatic carbocycles. The summed E-state index contributed by atoms with van der Waals surface area (Å²) in [6, 6.07) is 0.749. The molecule has 1 saturated carbocycles. The number of aliphatic hydroxyl groups excluding tert-OH is 1. The largest absolute Gasteiger partial charge is 0.396 e.